The van der Waals surface area contributed by atoms with Crippen molar-refractivity contribution in [2.24, 2.45) is 4.99 Å². The van der Waals surface area contributed by atoms with Gasteiger partial charge in [-0.1, -0.05) is 31.2 Å². The predicted octanol–water partition coefficient (Wildman–Crippen LogP) is 1.81. The number of aryl methyl sites for hydroxylation is 1. The van der Waals surface area contributed by atoms with Crippen molar-refractivity contribution >= 4 is 5.96 Å². The number of nitrogens with one attached hydrogen (secondary N) is 2. The van der Waals surface area contributed by atoms with Crippen molar-refractivity contribution < 1.29 is 0 Å². The summed E-state index contributed by atoms with van der Waals surface area (Å²) in [6.45, 7) is 4.64. The zero-order chi connectivity index (χ0) is 14.9. The molecule has 0 atom stereocenters. The molecule has 112 valence electrons. The van der Waals surface area contributed by atoms with Gasteiger partial charge in [-0.05, 0) is 17.5 Å². The van der Waals surface area contributed by atoms with E-state index < -0.39 is 0 Å². The van der Waals surface area contributed by atoms with E-state index in [1.807, 2.05) is 17.1 Å². The van der Waals surface area contributed by atoms with Gasteiger partial charge in [-0.25, -0.2) is 4.98 Å². The summed E-state index contributed by atoms with van der Waals surface area (Å²) >= 11 is 0. The molecule has 21 heavy (non-hydrogen) atoms. The molecule has 1 aromatic heterocycles. The fraction of sp³-hybridized carbons (Fsp3) is 0.375. The average Bonchev–Trinajstić information content (AvgIpc) is 3.04. The highest BCUT2D eigenvalue weighted by atomic mass is 15.2. The lowest BCUT2D eigenvalue weighted by Gasteiger charge is -2.14. The van der Waals surface area contributed by atoms with Crippen molar-refractivity contribution in [3.05, 3.63) is 54.1 Å². The fourth-order valence-corrected chi connectivity index (χ4v) is 2.20. The quantitative estimate of drug-likeness (QED) is 0.629. The third-order valence-corrected chi connectivity index (χ3v) is 3.39. The second kappa shape index (κ2) is 8.09. The molecule has 0 saturated heterocycles. The number of rotatable bonds is 6. The second-order valence-electron chi connectivity index (χ2n) is 4.78. The Morgan fingerprint density at radius 3 is 2.71 bits per heavy atom. The van der Waals surface area contributed by atoms with Crippen LogP contribution in [0.2, 0.25) is 0 Å². The van der Waals surface area contributed by atoms with Crippen molar-refractivity contribution in [3.63, 3.8) is 0 Å². The molecule has 5 heteroatoms. The van der Waals surface area contributed by atoms with E-state index in [1.54, 1.807) is 13.2 Å². The number of guanidine groups is 1. The summed E-state index contributed by atoms with van der Waals surface area (Å²) in [6, 6.07) is 8.49. The van der Waals surface area contributed by atoms with Gasteiger partial charge < -0.3 is 15.2 Å². The Bertz CT molecular complexity index is 560. The molecule has 0 bridgehead atoms. The van der Waals surface area contributed by atoms with Gasteiger partial charge in [0.1, 0.15) is 0 Å². The van der Waals surface area contributed by atoms with Crippen molar-refractivity contribution in [1.29, 1.82) is 0 Å². The van der Waals surface area contributed by atoms with Crippen LogP contribution in [0.15, 0.2) is 48.0 Å². The van der Waals surface area contributed by atoms with Gasteiger partial charge in [-0.15, -0.1) is 0 Å². The third-order valence-electron chi connectivity index (χ3n) is 3.39. The van der Waals surface area contributed by atoms with Crippen LogP contribution in [0, 0.1) is 0 Å². The summed E-state index contributed by atoms with van der Waals surface area (Å²) in [4.78, 5) is 8.27. The molecular formula is C16H23N5. The highest BCUT2D eigenvalue weighted by Crippen LogP contribution is 2.08. The van der Waals surface area contributed by atoms with E-state index in [2.05, 4.69) is 51.8 Å². The Morgan fingerprint density at radius 1 is 1.24 bits per heavy atom. The minimum atomic E-state index is 0.786. The van der Waals surface area contributed by atoms with Gasteiger partial charge in [-0.2, -0.15) is 0 Å². The minimum Gasteiger partial charge on any atom is -0.355 e. The van der Waals surface area contributed by atoms with Gasteiger partial charge in [0.05, 0.1) is 6.33 Å². The Morgan fingerprint density at radius 2 is 2.05 bits per heavy atom. The van der Waals surface area contributed by atoms with Crippen molar-refractivity contribution in [2.75, 3.05) is 13.6 Å². The maximum atomic E-state index is 4.25. The molecule has 2 aromatic rings. The van der Waals surface area contributed by atoms with Crippen LogP contribution in [0.5, 0.6) is 0 Å². The Balaban J connectivity index is 1.80. The molecule has 2 N–H and O–H groups in total. The van der Waals surface area contributed by atoms with Crippen molar-refractivity contribution in [1.82, 2.24) is 20.2 Å². The highest BCUT2D eigenvalue weighted by Gasteiger charge is 2.01. The first kappa shape index (κ1) is 15.1. The van der Waals surface area contributed by atoms with Crippen LogP contribution in [0.4, 0.5) is 0 Å². The fourth-order valence-electron chi connectivity index (χ4n) is 2.20. The van der Waals surface area contributed by atoms with Crippen LogP contribution in [0.25, 0.3) is 0 Å². The second-order valence-corrected chi connectivity index (χ2v) is 4.78. The number of nitrogens with zero attached hydrogens (tertiary/aromatic N) is 3. The van der Waals surface area contributed by atoms with Crippen LogP contribution < -0.4 is 10.6 Å². The van der Waals surface area contributed by atoms with Crippen molar-refractivity contribution in [3.8, 4) is 0 Å². The lowest BCUT2D eigenvalue weighted by Crippen LogP contribution is -2.38. The maximum absolute atomic E-state index is 4.25. The van der Waals surface area contributed by atoms with E-state index >= 15 is 0 Å². The van der Waals surface area contributed by atoms with Gasteiger partial charge in [0, 0.05) is 39.1 Å². The Kier molecular flexibility index (Phi) is 5.82. The Hall–Kier alpha value is -2.30. The zero-order valence-electron chi connectivity index (χ0n) is 12.7. The van der Waals surface area contributed by atoms with E-state index in [9.17, 15) is 0 Å². The summed E-state index contributed by atoms with van der Waals surface area (Å²) < 4.78 is 2.03. The van der Waals surface area contributed by atoms with Crippen LogP contribution in [-0.4, -0.2) is 29.1 Å². The first-order valence-corrected chi connectivity index (χ1v) is 7.30. The standard InChI is InChI=1S/C16H23N5/c1-3-14-6-4-5-7-15(14)12-20-16(17-2)19-9-11-21-10-8-18-13-21/h4-8,10,13H,3,9,11-12H2,1-2H3,(H2,17,19,20). The molecule has 0 amide bonds. The lowest BCUT2D eigenvalue weighted by molar-refractivity contribution is 0.661. The molecular weight excluding hydrogens is 262 g/mol. The molecule has 0 saturated carbocycles. The molecule has 0 spiro atoms. The molecule has 0 fully saturated rings. The van der Waals surface area contributed by atoms with Gasteiger partial charge >= 0.3 is 0 Å². The average molecular weight is 285 g/mol. The van der Waals surface area contributed by atoms with Gasteiger partial charge in [0.15, 0.2) is 5.96 Å². The first-order valence-electron chi connectivity index (χ1n) is 7.30. The number of aliphatic imine (C=N–C) groups is 1. The summed E-state index contributed by atoms with van der Waals surface area (Å²) in [5.74, 6) is 0.820. The largest absolute Gasteiger partial charge is 0.355 e. The highest BCUT2D eigenvalue weighted by molar-refractivity contribution is 5.79. The summed E-state index contributed by atoms with van der Waals surface area (Å²) in [7, 11) is 1.79. The monoisotopic (exact) mass is 285 g/mol. The number of aromatic nitrogens is 2. The van der Waals surface area contributed by atoms with E-state index in [1.165, 1.54) is 11.1 Å². The lowest BCUT2D eigenvalue weighted by atomic mass is 10.1. The van der Waals surface area contributed by atoms with E-state index in [4.69, 9.17) is 0 Å². The topological polar surface area (TPSA) is 54.2 Å². The predicted molar refractivity (Wildman–Crippen MR) is 86.2 cm³/mol. The van der Waals surface area contributed by atoms with Crippen molar-refractivity contribution in [2.45, 2.75) is 26.4 Å². The van der Waals surface area contributed by atoms with Gasteiger partial charge in [0.25, 0.3) is 0 Å². The minimum absolute atomic E-state index is 0.786. The molecule has 0 aliphatic heterocycles. The smallest absolute Gasteiger partial charge is 0.191 e. The number of hydrogen-bond donors (Lipinski definition) is 2. The molecule has 5 nitrogen and oxygen atoms in total. The van der Waals surface area contributed by atoms with E-state index in [-0.39, 0.29) is 0 Å². The van der Waals surface area contributed by atoms with Crippen LogP contribution in [0.1, 0.15) is 18.1 Å². The summed E-state index contributed by atoms with van der Waals surface area (Å²) in [6.07, 6.45) is 6.60. The molecule has 0 aliphatic rings. The molecule has 0 aliphatic carbocycles. The summed E-state index contributed by atoms with van der Waals surface area (Å²) in [5.41, 5.74) is 2.69. The SMILES string of the molecule is CCc1ccccc1CNC(=NC)NCCn1ccnc1. The summed E-state index contributed by atoms with van der Waals surface area (Å²) in [5, 5.41) is 6.66. The van der Waals surface area contributed by atoms with Gasteiger partial charge in [0.2, 0.25) is 0 Å². The maximum Gasteiger partial charge on any atom is 0.191 e. The molecule has 1 aromatic carbocycles. The number of benzene rings is 1. The first-order chi connectivity index (χ1) is 10.3. The van der Waals surface area contributed by atoms with E-state index in [0.717, 1.165) is 32.0 Å². The Labute approximate surface area is 126 Å². The van der Waals surface area contributed by atoms with Crippen LogP contribution >= 0.6 is 0 Å². The van der Waals surface area contributed by atoms with Gasteiger partial charge in [-0.3, -0.25) is 4.99 Å². The van der Waals surface area contributed by atoms with Crippen LogP contribution in [-0.2, 0) is 19.5 Å². The third kappa shape index (κ3) is 4.63. The zero-order valence-corrected chi connectivity index (χ0v) is 12.7. The number of imidazole rings is 1. The normalized spacial score (nSPS) is 11.4. The molecule has 1 heterocycles. The molecule has 0 unspecified atom stereocenters. The molecule has 0 radical (unpaired) electrons. The molecule has 2 rings (SSSR count). The number of hydrogen-bond acceptors (Lipinski definition) is 2. The van der Waals surface area contributed by atoms with Crippen LogP contribution in [0.3, 0.4) is 0 Å². The van der Waals surface area contributed by atoms with E-state index in [0.29, 0.717) is 0 Å².